The van der Waals surface area contributed by atoms with E-state index >= 15 is 0 Å². The van der Waals surface area contributed by atoms with E-state index in [4.69, 9.17) is 0 Å². The molecule has 0 atom stereocenters. The van der Waals surface area contributed by atoms with E-state index in [-0.39, 0.29) is 5.91 Å². The number of rotatable bonds is 5. The van der Waals surface area contributed by atoms with Gasteiger partial charge in [0.2, 0.25) is 0 Å². The second-order valence-corrected chi connectivity index (χ2v) is 4.20. The highest BCUT2D eigenvalue weighted by Gasteiger charge is 2.11. The Morgan fingerprint density at radius 1 is 1.42 bits per heavy atom. The van der Waals surface area contributed by atoms with Gasteiger partial charge in [0.15, 0.2) is 0 Å². The second kappa shape index (κ2) is 5.99. The van der Waals surface area contributed by atoms with Crippen LogP contribution >= 0.6 is 0 Å². The topological polar surface area (TPSA) is 71.8 Å². The van der Waals surface area contributed by atoms with Crippen molar-refractivity contribution in [2.75, 3.05) is 17.2 Å². The molecule has 0 radical (unpaired) electrons. The normalized spacial score (nSPS) is 10.2. The molecule has 2 aromatic heterocycles. The van der Waals surface area contributed by atoms with Crippen LogP contribution in [0.4, 0.5) is 11.4 Å². The predicted molar refractivity (Wildman–Crippen MR) is 74.2 cm³/mol. The maximum absolute atomic E-state index is 12.2. The maximum Gasteiger partial charge on any atom is 0.257 e. The summed E-state index contributed by atoms with van der Waals surface area (Å²) in [4.78, 5) is 16.2. The van der Waals surface area contributed by atoms with Gasteiger partial charge in [0.05, 0.1) is 29.3 Å². The molecule has 0 aliphatic rings. The van der Waals surface area contributed by atoms with E-state index in [1.807, 2.05) is 0 Å². The van der Waals surface area contributed by atoms with Crippen LogP contribution in [0.15, 0.2) is 30.9 Å². The third-order valence-electron chi connectivity index (χ3n) is 2.59. The van der Waals surface area contributed by atoms with E-state index in [1.165, 1.54) is 0 Å². The molecule has 6 nitrogen and oxygen atoms in total. The lowest BCUT2D eigenvalue weighted by Gasteiger charge is -2.10. The highest BCUT2D eigenvalue weighted by atomic mass is 16.1. The minimum atomic E-state index is -0.172. The Hall–Kier alpha value is -2.37. The van der Waals surface area contributed by atoms with Gasteiger partial charge < -0.3 is 10.6 Å². The van der Waals surface area contributed by atoms with Gasteiger partial charge in [-0.05, 0) is 12.5 Å². The third-order valence-corrected chi connectivity index (χ3v) is 2.59. The fraction of sp³-hybridized carbons (Fsp3) is 0.308. The van der Waals surface area contributed by atoms with Crippen LogP contribution in [-0.2, 0) is 7.05 Å². The van der Waals surface area contributed by atoms with Crippen molar-refractivity contribution < 1.29 is 4.79 Å². The van der Waals surface area contributed by atoms with Gasteiger partial charge in [0, 0.05) is 26.0 Å². The van der Waals surface area contributed by atoms with Crippen LogP contribution in [0.25, 0.3) is 0 Å². The number of amides is 1. The minimum Gasteiger partial charge on any atom is -0.383 e. The quantitative estimate of drug-likeness (QED) is 0.860. The molecule has 19 heavy (non-hydrogen) atoms. The Morgan fingerprint density at radius 3 is 2.95 bits per heavy atom. The van der Waals surface area contributed by atoms with E-state index in [1.54, 1.807) is 42.6 Å². The van der Waals surface area contributed by atoms with Crippen LogP contribution in [0.1, 0.15) is 23.7 Å². The fourth-order valence-corrected chi connectivity index (χ4v) is 1.68. The molecule has 2 rings (SSSR count). The highest BCUT2D eigenvalue weighted by molar-refractivity contribution is 6.07. The Kier molecular flexibility index (Phi) is 4.12. The standard InChI is InChI=1S/C13H17N5O/c1-3-5-15-12-8-14-6-4-11(12)13(19)17-10-7-16-18(2)9-10/h4,6-9,15H,3,5H2,1-2H3,(H,17,19). The zero-order valence-electron chi connectivity index (χ0n) is 11.1. The first kappa shape index (κ1) is 13.1. The van der Waals surface area contributed by atoms with E-state index in [9.17, 15) is 4.79 Å². The molecule has 0 bridgehead atoms. The SMILES string of the molecule is CCCNc1cnccc1C(=O)Nc1cnn(C)c1. The molecular weight excluding hydrogens is 242 g/mol. The van der Waals surface area contributed by atoms with Crippen LogP contribution in [0, 0.1) is 0 Å². The fourth-order valence-electron chi connectivity index (χ4n) is 1.68. The van der Waals surface area contributed by atoms with Crippen molar-refractivity contribution in [1.29, 1.82) is 0 Å². The van der Waals surface area contributed by atoms with Gasteiger partial charge >= 0.3 is 0 Å². The van der Waals surface area contributed by atoms with Crippen molar-refractivity contribution in [1.82, 2.24) is 14.8 Å². The van der Waals surface area contributed by atoms with E-state index < -0.39 is 0 Å². The van der Waals surface area contributed by atoms with Crippen molar-refractivity contribution in [3.05, 3.63) is 36.4 Å². The number of anilines is 2. The van der Waals surface area contributed by atoms with Crippen molar-refractivity contribution in [3.63, 3.8) is 0 Å². The average molecular weight is 259 g/mol. The highest BCUT2D eigenvalue weighted by Crippen LogP contribution is 2.15. The number of hydrogen-bond donors (Lipinski definition) is 2. The van der Waals surface area contributed by atoms with Crippen molar-refractivity contribution in [2.24, 2.45) is 7.05 Å². The number of aromatic nitrogens is 3. The summed E-state index contributed by atoms with van der Waals surface area (Å²) in [6, 6.07) is 1.70. The first-order chi connectivity index (χ1) is 9.20. The number of nitrogens with zero attached hydrogens (tertiary/aromatic N) is 3. The van der Waals surface area contributed by atoms with Gasteiger partial charge in [0.25, 0.3) is 5.91 Å². The zero-order valence-corrected chi connectivity index (χ0v) is 11.1. The summed E-state index contributed by atoms with van der Waals surface area (Å²) in [5.41, 5.74) is 1.99. The molecule has 0 fully saturated rings. The second-order valence-electron chi connectivity index (χ2n) is 4.20. The summed E-state index contributed by atoms with van der Waals surface area (Å²) in [5.74, 6) is -0.172. The molecule has 1 amide bonds. The minimum absolute atomic E-state index is 0.172. The van der Waals surface area contributed by atoms with Crippen LogP contribution in [0.5, 0.6) is 0 Å². The molecule has 0 unspecified atom stereocenters. The van der Waals surface area contributed by atoms with Crippen LogP contribution in [-0.4, -0.2) is 27.2 Å². The summed E-state index contributed by atoms with van der Waals surface area (Å²) >= 11 is 0. The van der Waals surface area contributed by atoms with Gasteiger partial charge in [-0.15, -0.1) is 0 Å². The molecule has 0 spiro atoms. The number of hydrogen-bond acceptors (Lipinski definition) is 4. The van der Waals surface area contributed by atoms with Crippen LogP contribution in [0.3, 0.4) is 0 Å². The largest absolute Gasteiger partial charge is 0.383 e. The van der Waals surface area contributed by atoms with Gasteiger partial charge in [-0.1, -0.05) is 6.92 Å². The lowest BCUT2D eigenvalue weighted by Crippen LogP contribution is -2.15. The zero-order chi connectivity index (χ0) is 13.7. The van der Waals surface area contributed by atoms with Gasteiger partial charge in [-0.25, -0.2) is 0 Å². The third kappa shape index (κ3) is 3.31. The van der Waals surface area contributed by atoms with Gasteiger partial charge in [-0.3, -0.25) is 14.5 Å². The molecule has 0 aliphatic heterocycles. The van der Waals surface area contributed by atoms with E-state index in [2.05, 4.69) is 27.6 Å². The molecule has 6 heteroatoms. The number of carbonyl (C=O) groups excluding carboxylic acids is 1. The van der Waals surface area contributed by atoms with Gasteiger partial charge in [-0.2, -0.15) is 5.10 Å². The number of carbonyl (C=O) groups is 1. The Balaban J connectivity index is 2.14. The first-order valence-electron chi connectivity index (χ1n) is 6.18. The number of nitrogens with one attached hydrogen (secondary N) is 2. The first-order valence-corrected chi connectivity index (χ1v) is 6.18. The Morgan fingerprint density at radius 2 is 2.26 bits per heavy atom. The summed E-state index contributed by atoms with van der Waals surface area (Å²) in [5, 5.41) is 10.0. The summed E-state index contributed by atoms with van der Waals surface area (Å²) in [7, 11) is 1.80. The lowest BCUT2D eigenvalue weighted by atomic mass is 10.2. The predicted octanol–water partition coefficient (Wildman–Crippen LogP) is 1.89. The number of pyridine rings is 1. The Labute approximate surface area is 111 Å². The monoisotopic (exact) mass is 259 g/mol. The van der Waals surface area contributed by atoms with Gasteiger partial charge in [0.1, 0.15) is 0 Å². The molecule has 2 N–H and O–H groups in total. The molecular formula is C13H17N5O. The van der Waals surface area contributed by atoms with E-state index in [0.717, 1.165) is 18.7 Å². The Bertz CT molecular complexity index is 564. The van der Waals surface area contributed by atoms with E-state index in [0.29, 0.717) is 11.3 Å². The molecule has 0 saturated carbocycles. The molecule has 100 valence electrons. The van der Waals surface area contributed by atoms with Crippen molar-refractivity contribution in [3.8, 4) is 0 Å². The van der Waals surface area contributed by atoms with Crippen LogP contribution in [0.2, 0.25) is 0 Å². The van der Waals surface area contributed by atoms with Crippen LogP contribution < -0.4 is 10.6 Å². The summed E-state index contributed by atoms with van der Waals surface area (Å²) in [6.45, 7) is 2.87. The van der Waals surface area contributed by atoms with Crippen molar-refractivity contribution >= 4 is 17.3 Å². The molecule has 2 heterocycles. The molecule has 0 aliphatic carbocycles. The molecule has 0 saturated heterocycles. The lowest BCUT2D eigenvalue weighted by molar-refractivity contribution is 0.102. The number of aryl methyl sites for hydroxylation is 1. The van der Waals surface area contributed by atoms with Crippen molar-refractivity contribution in [2.45, 2.75) is 13.3 Å². The molecule has 2 aromatic rings. The summed E-state index contributed by atoms with van der Waals surface area (Å²) < 4.78 is 1.64. The molecule has 0 aromatic carbocycles. The average Bonchev–Trinajstić information content (AvgIpc) is 2.82. The smallest absolute Gasteiger partial charge is 0.257 e. The maximum atomic E-state index is 12.2. The summed E-state index contributed by atoms with van der Waals surface area (Å²) in [6.07, 6.45) is 7.61.